The molecule has 0 N–H and O–H groups in total. The van der Waals surface area contributed by atoms with Crippen molar-refractivity contribution in [2.24, 2.45) is 7.05 Å². The number of anilines is 2. The highest BCUT2D eigenvalue weighted by Crippen LogP contribution is 2.27. The fraction of sp³-hybridized carbons (Fsp3) is 0.500. The van der Waals surface area contributed by atoms with E-state index in [9.17, 15) is 4.79 Å². The largest absolute Gasteiger partial charge is 0.353 e. The molecule has 0 amide bonds. The zero-order valence-electron chi connectivity index (χ0n) is 13.4. The van der Waals surface area contributed by atoms with Gasteiger partial charge in [-0.05, 0) is 30.9 Å². The predicted octanol–water partition coefficient (Wildman–Crippen LogP) is 0.384. The first kappa shape index (κ1) is 14.2. The lowest BCUT2D eigenvalue weighted by Gasteiger charge is -2.44. The molecule has 0 bridgehead atoms. The molecule has 0 spiro atoms. The fourth-order valence-electron chi connectivity index (χ4n) is 3.19. The van der Waals surface area contributed by atoms with Gasteiger partial charge in [-0.1, -0.05) is 0 Å². The van der Waals surface area contributed by atoms with Crippen molar-refractivity contribution in [1.29, 1.82) is 0 Å². The Morgan fingerprint density at radius 2 is 2.04 bits per heavy atom. The Hall–Kier alpha value is -2.44. The molecule has 7 heteroatoms. The summed E-state index contributed by atoms with van der Waals surface area (Å²) in [5.74, 6) is 1.69. The van der Waals surface area contributed by atoms with Gasteiger partial charge >= 0.3 is 0 Å². The Morgan fingerprint density at radius 3 is 2.83 bits per heavy atom. The topological polar surface area (TPSA) is 67.2 Å². The van der Waals surface area contributed by atoms with Crippen molar-refractivity contribution in [3.05, 3.63) is 40.1 Å². The molecule has 0 unspecified atom stereocenters. The normalized spacial score (nSPS) is 17.0. The van der Waals surface area contributed by atoms with Crippen LogP contribution < -0.4 is 15.4 Å². The van der Waals surface area contributed by atoms with Crippen molar-refractivity contribution in [3.8, 4) is 0 Å². The highest BCUT2D eigenvalue weighted by molar-refractivity contribution is 5.49. The van der Waals surface area contributed by atoms with E-state index < -0.39 is 0 Å². The SMILES string of the molecule is CN(c1cc(=O)n(C)cn1)C1CN(c2cc3c(nn2)CCC3)C1. The van der Waals surface area contributed by atoms with Crippen LogP contribution in [0.5, 0.6) is 0 Å². The minimum absolute atomic E-state index is 0.0393. The highest BCUT2D eigenvalue weighted by Gasteiger charge is 2.32. The monoisotopic (exact) mass is 312 g/mol. The zero-order chi connectivity index (χ0) is 16.0. The number of fused-ring (bicyclic) bond motifs is 1. The third-order valence-electron chi connectivity index (χ3n) is 4.87. The predicted molar refractivity (Wildman–Crippen MR) is 87.9 cm³/mol. The molecular formula is C16H20N6O. The second-order valence-corrected chi connectivity index (χ2v) is 6.39. The first-order valence-electron chi connectivity index (χ1n) is 7.98. The highest BCUT2D eigenvalue weighted by atomic mass is 16.1. The van der Waals surface area contributed by atoms with Crippen molar-refractivity contribution in [3.63, 3.8) is 0 Å². The van der Waals surface area contributed by atoms with Gasteiger partial charge in [-0.2, -0.15) is 5.10 Å². The van der Waals surface area contributed by atoms with Gasteiger partial charge in [0, 0.05) is 33.3 Å². The van der Waals surface area contributed by atoms with Crippen LogP contribution in [0.2, 0.25) is 0 Å². The molecule has 1 aliphatic carbocycles. The summed E-state index contributed by atoms with van der Waals surface area (Å²) in [5, 5.41) is 8.70. The van der Waals surface area contributed by atoms with Crippen LogP contribution in [0, 0.1) is 0 Å². The molecule has 0 atom stereocenters. The number of nitrogens with zero attached hydrogens (tertiary/aromatic N) is 6. The van der Waals surface area contributed by atoms with Crippen LogP contribution in [0.25, 0.3) is 0 Å². The number of rotatable bonds is 3. The molecule has 7 nitrogen and oxygen atoms in total. The Morgan fingerprint density at radius 1 is 1.22 bits per heavy atom. The summed E-state index contributed by atoms with van der Waals surface area (Å²) in [6.45, 7) is 1.75. The molecule has 1 fully saturated rings. The second-order valence-electron chi connectivity index (χ2n) is 6.39. The quantitative estimate of drug-likeness (QED) is 0.816. The van der Waals surface area contributed by atoms with Crippen molar-refractivity contribution < 1.29 is 0 Å². The van der Waals surface area contributed by atoms with Crippen LogP contribution in [0.15, 0.2) is 23.3 Å². The van der Waals surface area contributed by atoms with E-state index in [2.05, 4.69) is 31.0 Å². The molecule has 2 aliphatic rings. The maximum Gasteiger partial charge on any atom is 0.255 e. The molecule has 2 aromatic heterocycles. The van der Waals surface area contributed by atoms with Gasteiger partial charge in [0.25, 0.3) is 5.56 Å². The molecule has 0 aromatic carbocycles. The summed E-state index contributed by atoms with van der Waals surface area (Å²) < 4.78 is 1.48. The maximum atomic E-state index is 11.7. The first-order chi connectivity index (χ1) is 11.1. The van der Waals surface area contributed by atoms with Gasteiger partial charge < -0.3 is 14.4 Å². The van der Waals surface area contributed by atoms with Crippen molar-refractivity contribution >= 4 is 11.6 Å². The molecule has 1 aliphatic heterocycles. The number of hydrogen-bond acceptors (Lipinski definition) is 6. The second kappa shape index (κ2) is 5.33. The average Bonchev–Trinajstić information content (AvgIpc) is 2.96. The molecule has 3 heterocycles. The molecule has 4 rings (SSSR count). The van der Waals surface area contributed by atoms with Crippen LogP contribution in [-0.2, 0) is 19.9 Å². The summed E-state index contributed by atoms with van der Waals surface area (Å²) in [7, 11) is 3.69. The van der Waals surface area contributed by atoms with E-state index in [4.69, 9.17) is 0 Å². The molecule has 0 saturated carbocycles. The van der Waals surface area contributed by atoms with E-state index in [1.807, 2.05) is 7.05 Å². The summed E-state index contributed by atoms with van der Waals surface area (Å²) in [6.07, 6.45) is 4.93. The summed E-state index contributed by atoms with van der Waals surface area (Å²) >= 11 is 0. The van der Waals surface area contributed by atoms with Crippen LogP contribution in [0.3, 0.4) is 0 Å². The zero-order valence-corrected chi connectivity index (χ0v) is 13.4. The number of hydrogen-bond donors (Lipinski definition) is 0. The van der Waals surface area contributed by atoms with E-state index in [0.29, 0.717) is 6.04 Å². The van der Waals surface area contributed by atoms with Gasteiger partial charge in [0.15, 0.2) is 5.82 Å². The Labute approximate surface area is 134 Å². The minimum Gasteiger partial charge on any atom is -0.353 e. The minimum atomic E-state index is -0.0393. The van der Waals surface area contributed by atoms with Crippen LogP contribution in [-0.4, -0.2) is 45.9 Å². The molecule has 1 saturated heterocycles. The van der Waals surface area contributed by atoms with E-state index in [-0.39, 0.29) is 5.56 Å². The third-order valence-corrected chi connectivity index (χ3v) is 4.87. The number of likely N-dealkylation sites (N-methyl/N-ethyl adjacent to an activating group) is 1. The third kappa shape index (κ3) is 2.46. The lowest BCUT2D eigenvalue weighted by molar-refractivity contribution is 0.486. The number of aryl methyl sites for hydroxylation is 3. The summed E-state index contributed by atoms with van der Waals surface area (Å²) in [4.78, 5) is 20.4. The maximum absolute atomic E-state index is 11.7. The van der Waals surface area contributed by atoms with E-state index in [1.165, 1.54) is 16.6 Å². The lowest BCUT2D eigenvalue weighted by Crippen LogP contribution is -2.59. The van der Waals surface area contributed by atoms with Crippen LogP contribution in [0.4, 0.5) is 11.6 Å². The van der Waals surface area contributed by atoms with Crippen molar-refractivity contribution in [2.75, 3.05) is 29.9 Å². The van der Waals surface area contributed by atoms with Gasteiger partial charge in [-0.25, -0.2) is 4.98 Å². The van der Waals surface area contributed by atoms with Crippen molar-refractivity contribution in [2.45, 2.75) is 25.3 Å². The molecule has 0 radical (unpaired) electrons. The van der Waals surface area contributed by atoms with E-state index in [1.54, 1.807) is 19.4 Å². The molecular weight excluding hydrogens is 292 g/mol. The summed E-state index contributed by atoms with van der Waals surface area (Å²) in [5.41, 5.74) is 2.47. The van der Waals surface area contributed by atoms with E-state index in [0.717, 1.165) is 43.3 Å². The Kier molecular flexibility index (Phi) is 3.28. The van der Waals surface area contributed by atoms with Gasteiger partial charge in [-0.3, -0.25) is 4.79 Å². The van der Waals surface area contributed by atoms with Gasteiger partial charge in [0.05, 0.1) is 18.1 Å². The molecule has 120 valence electrons. The van der Waals surface area contributed by atoms with E-state index >= 15 is 0 Å². The Balaban J connectivity index is 1.44. The smallest absolute Gasteiger partial charge is 0.255 e. The van der Waals surface area contributed by atoms with Crippen molar-refractivity contribution in [1.82, 2.24) is 19.7 Å². The molecule has 23 heavy (non-hydrogen) atoms. The first-order valence-corrected chi connectivity index (χ1v) is 7.98. The van der Waals surface area contributed by atoms with Gasteiger partial charge in [0.2, 0.25) is 0 Å². The average molecular weight is 312 g/mol. The fourth-order valence-corrected chi connectivity index (χ4v) is 3.19. The summed E-state index contributed by atoms with van der Waals surface area (Å²) in [6, 6.07) is 4.10. The Bertz CT molecular complexity index is 795. The van der Waals surface area contributed by atoms with Gasteiger partial charge in [-0.15, -0.1) is 5.10 Å². The lowest BCUT2D eigenvalue weighted by atomic mass is 10.1. The molecule has 2 aromatic rings. The van der Waals surface area contributed by atoms with Crippen LogP contribution in [0.1, 0.15) is 17.7 Å². The number of aromatic nitrogens is 4. The van der Waals surface area contributed by atoms with Crippen LogP contribution >= 0.6 is 0 Å². The standard InChI is InChI=1S/C16H20N6O/c1-20-10-17-14(7-16(20)23)21(2)12-8-22(9-12)15-6-11-4-3-5-13(11)18-19-15/h6-7,10,12H,3-5,8-9H2,1-2H3. The van der Waals surface area contributed by atoms with Gasteiger partial charge in [0.1, 0.15) is 5.82 Å².